The van der Waals surface area contributed by atoms with E-state index < -0.39 is 12.7 Å². The second-order valence-corrected chi connectivity index (χ2v) is 7.30. The quantitative estimate of drug-likeness (QED) is 0.280. The summed E-state index contributed by atoms with van der Waals surface area (Å²) >= 11 is 0. The SMILES string of the molecule is CN=C(NCC(C)(C)c1ccc(F)cc1)NC1CCN(CC(F)(F)F)C1.I. The van der Waals surface area contributed by atoms with E-state index in [9.17, 15) is 17.6 Å². The minimum absolute atomic E-state index is 0. The highest BCUT2D eigenvalue weighted by Gasteiger charge is 2.34. The molecule has 0 aliphatic carbocycles. The molecule has 9 heteroatoms. The van der Waals surface area contributed by atoms with Crippen molar-refractivity contribution in [3.05, 3.63) is 35.6 Å². The van der Waals surface area contributed by atoms with Crippen LogP contribution in [0, 0.1) is 5.82 Å². The van der Waals surface area contributed by atoms with E-state index in [0.29, 0.717) is 32.0 Å². The predicted molar refractivity (Wildman–Crippen MR) is 110 cm³/mol. The first-order chi connectivity index (χ1) is 12.1. The van der Waals surface area contributed by atoms with E-state index in [1.54, 1.807) is 19.2 Å². The van der Waals surface area contributed by atoms with Crippen molar-refractivity contribution in [2.24, 2.45) is 4.99 Å². The summed E-state index contributed by atoms with van der Waals surface area (Å²) in [5, 5.41) is 6.40. The molecule has 2 N–H and O–H groups in total. The monoisotopic (exact) mass is 502 g/mol. The highest BCUT2D eigenvalue weighted by Crippen LogP contribution is 2.23. The minimum atomic E-state index is -4.17. The average Bonchev–Trinajstić information content (AvgIpc) is 2.96. The van der Waals surface area contributed by atoms with Crippen molar-refractivity contribution >= 4 is 29.9 Å². The van der Waals surface area contributed by atoms with Crippen LogP contribution >= 0.6 is 24.0 Å². The number of nitrogens with one attached hydrogen (secondary N) is 2. The number of likely N-dealkylation sites (tertiary alicyclic amines) is 1. The lowest BCUT2D eigenvalue weighted by atomic mass is 9.84. The van der Waals surface area contributed by atoms with E-state index in [4.69, 9.17) is 0 Å². The van der Waals surface area contributed by atoms with E-state index in [2.05, 4.69) is 15.6 Å². The Kier molecular flexibility index (Phi) is 8.78. The molecule has 1 saturated heterocycles. The third kappa shape index (κ3) is 7.81. The van der Waals surface area contributed by atoms with Crippen molar-refractivity contribution in [2.45, 2.75) is 37.9 Å². The van der Waals surface area contributed by atoms with Gasteiger partial charge in [-0.25, -0.2) is 4.39 Å². The zero-order valence-electron chi connectivity index (χ0n) is 15.7. The van der Waals surface area contributed by atoms with Gasteiger partial charge in [0.2, 0.25) is 0 Å². The molecule has 1 fully saturated rings. The largest absolute Gasteiger partial charge is 0.401 e. The molecule has 1 aromatic rings. The number of halogens is 5. The van der Waals surface area contributed by atoms with E-state index >= 15 is 0 Å². The van der Waals surface area contributed by atoms with Crippen molar-refractivity contribution in [3.63, 3.8) is 0 Å². The smallest absolute Gasteiger partial charge is 0.356 e. The van der Waals surface area contributed by atoms with Crippen LogP contribution in [-0.4, -0.2) is 56.3 Å². The summed E-state index contributed by atoms with van der Waals surface area (Å²) in [6.45, 7) is 4.48. The molecule has 154 valence electrons. The molecular formula is C18H27F4IN4. The van der Waals surface area contributed by atoms with Crippen LogP contribution in [0.1, 0.15) is 25.8 Å². The first-order valence-electron chi connectivity index (χ1n) is 8.61. The summed E-state index contributed by atoms with van der Waals surface area (Å²) in [6, 6.07) is 6.28. The van der Waals surface area contributed by atoms with Gasteiger partial charge in [0.15, 0.2) is 5.96 Å². The molecule has 0 saturated carbocycles. The third-order valence-electron chi connectivity index (χ3n) is 4.56. The summed E-state index contributed by atoms with van der Waals surface area (Å²) in [5.41, 5.74) is 0.725. The number of hydrogen-bond acceptors (Lipinski definition) is 2. The van der Waals surface area contributed by atoms with Crippen LogP contribution in [0.5, 0.6) is 0 Å². The molecule has 1 aromatic carbocycles. The van der Waals surface area contributed by atoms with Gasteiger partial charge < -0.3 is 10.6 Å². The maximum absolute atomic E-state index is 13.1. The fraction of sp³-hybridized carbons (Fsp3) is 0.611. The molecule has 0 amide bonds. The summed E-state index contributed by atoms with van der Waals surface area (Å²) < 4.78 is 50.5. The fourth-order valence-electron chi connectivity index (χ4n) is 3.04. The van der Waals surface area contributed by atoms with E-state index in [-0.39, 0.29) is 41.3 Å². The van der Waals surface area contributed by atoms with Gasteiger partial charge in [-0.2, -0.15) is 13.2 Å². The maximum atomic E-state index is 13.1. The van der Waals surface area contributed by atoms with Crippen LogP contribution in [0.4, 0.5) is 17.6 Å². The normalized spacial score (nSPS) is 18.9. The Hall–Kier alpha value is -1.10. The summed E-state index contributed by atoms with van der Waals surface area (Å²) in [5.74, 6) is 0.277. The van der Waals surface area contributed by atoms with Gasteiger partial charge in [-0.15, -0.1) is 24.0 Å². The molecule has 1 aliphatic rings. The van der Waals surface area contributed by atoms with Gasteiger partial charge in [0.05, 0.1) is 6.54 Å². The number of benzene rings is 1. The lowest BCUT2D eigenvalue weighted by Crippen LogP contribution is -2.48. The van der Waals surface area contributed by atoms with Crippen molar-refractivity contribution in [1.82, 2.24) is 15.5 Å². The molecule has 0 bridgehead atoms. The Morgan fingerprint density at radius 2 is 1.85 bits per heavy atom. The number of guanidine groups is 1. The van der Waals surface area contributed by atoms with Crippen LogP contribution in [0.2, 0.25) is 0 Å². The number of rotatable bonds is 5. The second-order valence-electron chi connectivity index (χ2n) is 7.30. The molecule has 27 heavy (non-hydrogen) atoms. The van der Waals surface area contributed by atoms with Crippen molar-refractivity contribution < 1.29 is 17.6 Å². The average molecular weight is 502 g/mol. The molecule has 4 nitrogen and oxygen atoms in total. The van der Waals surface area contributed by atoms with Crippen LogP contribution in [0.3, 0.4) is 0 Å². The fourth-order valence-corrected chi connectivity index (χ4v) is 3.04. The Balaban J connectivity index is 0.00000364. The lowest BCUT2D eigenvalue weighted by Gasteiger charge is -2.27. The van der Waals surface area contributed by atoms with Crippen LogP contribution < -0.4 is 10.6 Å². The van der Waals surface area contributed by atoms with Gasteiger partial charge >= 0.3 is 6.18 Å². The highest BCUT2D eigenvalue weighted by molar-refractivity contribution is 14.0. The first-order valence-corrected chi connectivity index (χ1v) is 8.61. The third-order valence-corrected chi connectivity index (χ3v) is 4.56. The van der Waals surface area contributed by atoms with Crippen LogP contribution in [0.25, 0.3) is 0 Å². The first kappa shape index (κ1) is 23.9. The molecule has 0 aromatic heterocycles. The molecule has 1 aliphatic heterocycles. The van der Waals surface area contributed by atoms with Crippen molar-refractivity contribution in [2.75, 3.05) is 33.2 Å². The molecule has 0 radical (unpaired) electrons. The number of nitrogens with zero attached hydrogens (tertiary/aromatic N) is 2. The highest BCUT2D eigenvalue weighted by atomic mass is 127. The Labute approximate surface area is 174 Å². The van der Waals surface area contributed by atoms with Gasteiger partial charge in [-0.3, -0.25) is 9.89 Å². The maximum Gasteiger partial charge on any atom is 0.401 e. The number of alkyl halides is 3. The zero-order valence-corrected chi connectivity index (χ0v) is 18.1. The van der Waals surface area contributed by atoms with Crippen molar-refractivity contribution in [1.29, 1.82) is 0 Å². The molecule has 0 spiro atoms. The van der Waals surface area contributed by atoms with Crippen molar-refractivity contribution in [3.8, 4) is 0 Å². The van der Waals surface area contributed by atoms with Gasteiger partial charge in [0.1, 0.15) is 5.82 Å². The minimum Gasteiger partial charge on any atom is -0.356 e. The second kappa shape index (κ2) is 9.90. The summed E-state index contributed by atoms with van der Waals surface area (Å²) in [7, 11) is 1.63. The van der Waals surface area contributed by atoms with E-state index in [1.807, 2.05) is 13.8 Å². The number of aliphatic imine (C=N–C) groups is 1. The summed E-state index contributed by atoms with van der Waals surface area (Å²) in [6.07, 6.45) is -3.54. The van der Waals surface area contributed by atoms with Gasteiger partial charge in [-0.05, 0) is 24.1 Å². The Morgan fingerprint density at radius 1 is 1.22 bits per heavy atom. The zero-order chi connectivity index (χ0) is 19.4. The van der Waals surface area contributed by atoms with Crippen LogP contribution in [0.15, 0.2) is 29.3 Å². The number of hydrogen-bond donors (Lipinski definition) is 2. The topological polar surface area (TPSA) is 39.7 Å². The molecular weight excluding hydrogens is 475 g/mol. The molecule has 1 atom stereocenters. The van der Waals surface area contributed by atoms with E-state index in [0.717, 1.165) is 5.56 Å². The van der Waals surface area contributed by atoms with Gasteiger partial charge in [0, 0.05) is 38.1 Å². The Bertz CT molecular complexity index is 617. The van der Waals surface area contributed by atoms with Gasteiger partial charge in [-0.1, -0.05) is 26.0 Å². The lowest BCUT2D eigenvalue weighted by molar-refractivity contribution is -0.143. The summed E-state index contributed by atoms with van der Waals surface area (Å²) in [4.78, 5) is 5.55. The van der Waals surface area contributed by atoms with E-state index in [1.165, 1.54) is 17.0 Å². The predicted octanol–water partition coefficient (Wildman–Crippen LogP) is 3.52. The molecule has 1 unspecified atom stereocenters. The molecule has 2 rings (SSSR count). The molecule has 1 heterocycles. The Morgan fingerprint density at radius 3 is 2.41 bits per heavy atom. The van der Waals surface area contributed by atoms with Gasteiger partial charge in [0.25, 0.3) is 0 Å². The standard InChI is InChI=1S/C18H26F4N4.HI/c1-17(2,13-4-6-14(19)7-5-13)11-24-16(23-3)25-15-8-9-26(10-15)12-18(20,21)22;/h4-7,15H,8-12H2,1-3H3,(H2,23,24,25);1H. The van der Waals surface area contributed by atoms with Crippen LogP contribution in [-0.2, 0) is 5.41 Å².